The molecule has 1 N–H and O–H groups in total. The van der Waals surface area contributed by atoms with E-state index in [0.29, 0.717) is 5.78 Å². The van der Waals surface area contributed by atoms with Gasteiger partial charge in [-0.1, -0.05) is 5.23 Å². The first-order valence-corrected chi connectivity index (χ1v) is 4.82. The smallest absolute Gasteiger partial charge is 0.248 e. The highest BCUT2D eigenvalue weighted by Gasteiger charge is 2.13. The van der Waals surface area contributed by atoms with Crippen LogP contribution in [-0.4, -0.2) is 53.9 Å². The Hall–Kier alpha value is -3.11. The lowest BCUT2D eigenvalue weighted by Crippen LogP contribution is -2.38. The maximum absolute atomic E-state index is 3.82. The van der Waals surface area contributed by atoms with Crippen molar-refractivity contribution in [1.82, 2.24) is 40.3 Å². The van der Waals surface area contributed by atoms with E-state index < -0.39 is 0 Å². The van der Waals surface area contributed by atoms with Crippen molar-refractivity contribution < 1.29 is 0 Å². The van der Waals surface area contributed by atoms with Crippen LogP contribution >= 0.6 is 0 Å². The van der Waals surface area contributed by atoms with E-state index in [1.54, 1.807) is 12.7 Å². The van der Waals surface area contributed by atoms with Crippen LogP contribution in [0.25, 0.3) is 5.78 Å². The molecule has 0 saturated carbocycles. The first-order chi connectivity index (χ1) is 8.93. The number of hydrazine groups is 2. The lowest BCUT2D eigenvalue weighted by atomic mass is 11.0. The third-order valence-corrected chi connectivity index (χ3v) is 1.91. The fraction of sp³-hybridized carbons (Fsp3) is 0. The van der Waals surface area contributed by atoms with E-state index in [2.05, 4.69) is 40.7 Å². The molecule has 4 rings (SSSR count). The first kappa shape index (κ1) is 10.1. The van der Waals surface area contributed by atoms with E-state index in [0.717, 1.165) is 0 Å². The topological polar surface area (TPSA) is 112 Å². The molecule has 11 nitrogen and oxygen atoms in total. The molecule has 0 spiro atoms. The first-order valence-electron chi connectivity index (χ1n) is 4.82. The zero-order valence-electron chi connectivity index (χ0n) is 8.94. The number of hydrazone groups is 2. The molecule has 0 aliphatic carbocycles. The van der Waals surface area contributed by atoms with Crippen molar-refractivity contribution in [3.05, 3.63) is 19.0 Å². The Kier molecular flexibility index (Phi) is 2.46. The Balaban J connectivity index is 0.000000111. The van der Waals surface area contributed by atoms with Gasteiger partial charge in [-0.25, -0.2) is 15.4 Å². The molecule has 0 aromatic carbocycles. The number of nitrogens with one attached hydrogen (secondary N) is 1. The van der Waals surface area contributed by atoms with Gasteiger partial charge in [0.2, 0.25) is 0 Å². The quantitative estimate of drug-likeness (QED) is 0.599. The molecule has 0 saturated heterocycles. The lowest BCUT2D eigenvalue weighted by Gasteiger charge is -2.19. The molecule has 90 valence electrons. The van der Waals surface area contributed by atoms with Crippen molar-refractivity contribution in [2.24, 2.45) is 15.2 Å². The van der Waals surface area contributed by atoms with E-state index in [-0.39, 0.29) is 0 Å². The summed E-state index contributed by atoms with van der Waals surface area (Å²) in [7, 11) is 0. The van der Waals surface area contributed by atoms with Gasteiger partial charge in [-0.2, -0.15) is 19.6 Å². The molecule has 18 heavy (non-hydrogen) atoms. The average Bonchev–Trinajstić information content (AvgIpc) is 3.08. The van der Waals surface area contributed by atoms with E-state index in [4.69, 9.17) is 0 Å². The summed E-state index contributed by atoms with van der Waals surface area (Å²) in [5.41, 5.74) is 2.74. The summed E-state index contributed by atoms with van der Waals surface area (Å²) >= 11 is 0. The predicted octanol–water partition coefficient (Wildman–Crippen LogP) is -1.53. The normalized spacial score (nSPS) is 15.3. The second-order valence-corrected chi connectivity index (χ2v) is 2.99. The van der Waals surface area contributed by atoms with E-state index in [9.17, 15) is 0 Å². The molecule has 2 aliphatic heterocycles. The Morgan fingerprint density at radius 2 is 2.06 bits per heavy atom. The fourth-order valence-electron chi connectivity index (χ4n) is 1.17. The number of aliphatic imine (C=N–C) groups is 1. The van der Waals surface area contributed by atoms with Crippen LogP contribution in [0.3, 0.4) is 0 Å². The van der Waals surface area contributed by atoms with Crippen LogP contribution in [0, 0.1) is 0 Å². The molecule has 0 radical (unpaired) electrons. The van der Waals surface area contributed by atoms with E-state index in [1.807, 2.05) is 0 Å². The van der Waals surface area contributed by atoms with Crippen LogP contribution in [-0.2, 0) is 0 Å². The van der Waals surface area contributed by atoms with Gasteiger partial charge in [0.1, 0.15) is 38.0 Å². The molecule has 0 atom stereocenters. The van der Waals surface area contributed by atoms with Crippen molar-refractivity contribution in [3.8, 4) is 0 Å². The maximum atomic E-state index is 3.82. The summed E-state index contributed by atoms with van der Waals surface area (Å²) in [5.74, 6) is 0.574. The number of hydrogen-bond donors (Lipinski definition) is 1. The Labute approximate surface area is 100 Å². The van der Waals surface area contributed by atoms with Crippen LogP contribution in [0.2, 0.25) is 0 Å². The lowest BCUT2D eigenvalue weighted by molar-refractivity contribution is 0.0485. The molecule has 2 aromatic heterocycles. The molecular weight excluding hydrogens is 238 g/mol. The molecule has 4 heterocycles. The van der Waals surface area contributed by atoms with Crippen LogP contribution in [0.1, 0.15) is 0 Å². The summed E-state index contributed by atoms with van der Waals surface area (Å²) in [6.07, 6.45) is 8.92. The maximum Gasteiger partial charge on any atom is 0.255 e. The van der Waals surface area contributed by atoms with Crippen LogP contribution in [0.5, 0.6) is 0 Å². The van der Waals surface area contributed by atoms with Crippen molar-refractivity contribution >= 4 is 24.8 Å². The minimum absolute atomic E-state index is 0.574. The number of hydrogen-bond acceptors (Lipinski definition) is 10. The molecule has 11 heteroatoms. The summed E-state index contributed by atoms with van der Waals surface area (Å²) in [6.45, 7) is 0. The summed E-state index contributed by atoms with van der Waals surface area (Å²) < 4.78 is 1.50. The highest BCUT2D eigenvalue weighted by molar-refractivity contribution is 5.73. The Morgan fingerprint density at radius 3 is 2.94 bits per heavy atom. The van der Waals surface area contributed by atoms with Gasteiger partial charge in [0.25, 0.3) is 5.78 Å². The van der Waals surface area contributed by atoms with Gasteiger partial charge in [0.15, 0.2) is 0 Å². The van der Waals surface area contributed by atoms with Gasteiger partial charge in [0.05, 0.1) is 0 Å². The third kappa shape index (κ3) is 1.91. The number of aromatic nitrogens is 5. The van der Waals surface area contributed by atoms with Crippen LogP contribution in [0.4, 0.5) is 0 Å². The highest BCUT2D eigenvalue weighted by atomic mass is 16.0. The largest absolute Gasteiger partial charge is 0.255 e. The second-order valence-electron chi connectivity index (χ2n) is 2.99. The Morgan fingerprint density at radius 1 is 1.11 bits per heavy atom. The second kappa shape index (κ2) is 4.40. The summed E-state index contributed by atoms with van der Waals surface area (Å²) in [4.78, 5) is 15.1. The van der Waals surface area contributed by atoms with Crippen LogP contribution in [0.15, 0.2) is 34.2 Å². The number of nitrogens with zero attached hydrogens (tertiary/aromatic N) is 10. The van der Waals surface area contributed by atoms with Crippen molar-refractivity contribution in [1.29, 1.82) is 0 Å². The van der Waals surface area contributed by atoms with E-state index >= 15 is 0 Å². The van der Waals surface area contributed by atoms with Crippen molar-refractivity contribution in [2.75, 3.05) is 0 Å². The molecule has 0 unspecified atom stereocenters. The fourth-order valence-corrected chi connectivity index (χ4v) is 1.17. The molecule has 0 bridgehead atoms. The van der Waals surface area contributed by atoms with Gasteiger partial charge < -0.3 is 0 Å². The van der Waals surface area contributed by atoms with Gasteiger partial charge in [0, 0.05) is 0 Å². The summed E-state index contributed by atoms with van der Waals surface area (Å²) in [6, 6.07) is 0. The van der Waals surface area contributed by atoms with Crippen LogP contribution < -0.4 is 5.43 Å². The van der Waals surface area contributed by atoms with Gasteiger partial charge in [-0.05, 0) is 0 Å². The monoisotopic (exact) mass is 245 g/mol. The third-order valence-electron chi connectivity index (χ3n) is 1.91. The van der Waals surface area contributed by atoms with Crippen molar-refractivity contribution in [2.45, 2.75) is 0 Å². The van der Waals surface area contributed by atoms with Gasteiger partial charge in [-0.15, -0.1) is 15.3 Å². The molecule has 2 aromatic rings. The van der Waals surface area contributed by atoms with Gasteiger partial charge >= 0.3 is 0 Å². The minimum atomic E-state index is 0.574. The molecule has 0 fully saturated rings. The van der Waals surface area contributed by atoms with Crippen molar-refractivity contribution in [3.63, 3.8) is 0 Å². The molecule has 2 aliphatic rings. The average molecular weight is 245 g/mol. The zero-order valence-corrected chi connectivity index (χ0v) is 8.94. The molecular formula is C7H7N11. The standard InChI is InChI=1S/C4H3N5.C3H4N6/c1-5-3-9-4(6-1)7-2-8-9;1-4-3-8-5-2-7-9(8)6-1/h1-3H;1-3H,(H,5,7). The highest BCUT2D eigenvalue weighted by Crippen LogP contribution is 1.99. The number of fused-ring (bicyclic) bond motifs is 2. The predicted molar refractivity (Wildman–Crippen MR) is 60.9 cm³/mol. The van der Waals surface area contributed by atoms with Gasteiger partial charge in [-0.3, -0.25) is 0 Å². The molecule has 0 amide bonds. The minimum Gasteiger partial charge on any atom is -0.248 e. The Bertz CT molecular complexity index is 582. The van der Waals surface area contributed by atoms with E-state index in [1.165, 1.54) is 40.2 Å². The zero-order chi connectivity index (χ0) is 12.2. The number of rotatable bonds is 0. The summed E-state index contributed by atoms with van der Waals surface area (Å²) in [5, 5.41) is 14.3. The SMILES string of the molecule is C1=NC=NN2NC=NN12.c1ncn2ncnc2n1.